The maximum Gasteiger partial charge on any atom is 0.312 e. The summed E-state index contributed by atoms with van der Waals surface area (Å²) in [5, 5.41) is 2.64. The van der Waals surface area contributed by atoms with Crippen molar-refractivity contribution in [3.63, 3.8) is 0 Å². The molecule has 102 valence electrons. The highest BCUT2D eigenvalue weighted by atomic mass is 16.6. The molecule has 0 aromatic carbocycles. The number of urea groups is 1. The van der Waals surface area contributed by atoms with Crippen molar-refractivity contribution >= 4 is 11.9 Å². The number of amides is 3. The fourth-order valence-electron chi connectivity index (χ4n) is 2.33. The third kappa shape index (κ3) is 3.33. The van der Waals surface area contributed by atoms with Crippen molar-refractivity contribution in [2.45, 2.75) is 25.0 Å². The molecule has 3 amide bonds. The highest BCUT2D eigenvalue weighted by Crippen LogP contribution is 2.13. The lowest BCUT2D eigenvalue weighted by molar-refractivity contribution is -0.159. The second-order valence-corrected chi connectivity index (χ2v) is 4.57. The van der Waals surface area contributed by atoms with Crippen molar-refractivity contribution in [2.24, 2.45) is 5.73 Å². The minimum atomic E-state index is -0.549. The van der Waals surface area contributed by atoms with Gasteiger partial charge in [-0.2, -0.15) is 0 Å². The van der Waals surface area contributed by atoms with E-state index in [4.69, 9.17) is 15.2 Å². The van der Waals surface area contributed by atoms with E-state index in [2.05, 4.69) is 5.32 Å². The molecule has 0 aliphatic carbocycles. The molecule has 2 fully saturated rings. The Morgan fingerprint density at radius 1 is 1.33 bits per heavy atom. The van der Waals surface area contributed by atoms with Crippen molar-refractivity contribution in [3.8, 4) is 0 Å². The summed E-state index contributed by atoms with van der Waals surface area (Å²) in [6.45, 7) is 2.48. The Hall–Kier alpha value is -1.34. The van der Waals surface area contributed by atoms with Gasteiger partial charge < -0.3 is 25.4 Å². The van der Waals surface area contributed by atoms with Gasteiger partial charge in [0.05, 0.1) is 19.8 Å². The van der Waals surface area contributed by atoms with Crippen LogP contribution in [0.15, 0.2) is 0 Å². The summed E-state index contributed by atoms with van der Waals surface area (Å²) in [5.74, 6) is -0.0642. The van der Waals surface area contributed by atoms with Gasteiger partial charge in [-0.25, -0.2) is 4.79 Å². The number of nitrogens with one attached hydrogen (secondary N) is 1. The molecule has 2 aliphatic heterocycles. The molecule has 7 heteroatoms. The number of carbonyl (C=O) groups is 2. The molecule has 0 spiro atoms. The Bertz CT molecular complexity index is 317. The van der Waals surface area contributed by atoms with Crippen LogP contribution in [0.2, 0.25) is 0 Å². The average molecular weight is 257 g/mol. The predicted octanol–water partition coefficient (Wildman–Crippen LogP) is -0.939. The zero-order valence-electron chi connectivity index (χ0n) is 10.3. The van der Waals surface area contributed by atoms with Crippen LogP contribution < -0.4 is 11.1 Å². The number of rotatable bonds is 2. The van der Waals surface area contributed by atoms with Gasteiger partial charge in [0.2, 0.25) is 0 Å². The molecule has 0 radical (unpaired) electrons. The molecule has 2 heterocycles. The molecule has 0 aromatic heterocycles. The van der Waals surface area contributed by atoms with Crippen LogP contribution in [0.1, 0.15) is 12.8 Å². The summed E-state index contributed by atoms with van der Waals surface area (Å²) in [4.78, 5) is 24.7. The van der Waals surface area contributed by atoms with Crippen LogP contribution >= 0.6 is 0 Å². The van der Waals surface area contributed by atoms with E-state index in [1.54, 1.807) is 4.90 Å². The monoisotopic (exact) mass is 257 g/mol. The van der Waals surface area contributed by atoms with Crippen LogP contribution in [0.3, 0.4) is 0 Å². The average Bonchev–Trinajstić information content (AvgIpc) is 2.38. The summed E-state index contributed by atoms with van der Waals surface area (Å²) in [7, 11) is 0. The molecular weight excluding hydrogens is 238 g/mol. The molecule has 3 N–H and O–H groups in total. The van der Waals surface area contributed by atoms with Crippen molar-refractivity contribution in [1.82, 2.24) is 10.2 Å². The third-order valence-electron chi connectivity index (χ3n) is 3.17. The van der Waals surface area contributed by atoms with Crippen LogP contribution in [0.5, 0.6) is 0 Å². The lowest BCUT2D eigenvalue weighted by Crippen LogP contribution is -2.54. The Labute approximate surface area is 106 Å². The highest BCUT2D eigenvalue weighted by molar-refractivity contribution is 5.81. The van der Waals surface area contributed by atoms with E-state index in [1.165, 1.54) is 0 Å². The van der Waals surface area contributed by atoms with Crippen LogP contribution in [0, 0.1) is 0 Å². The first-order valence-electron chi connectivity index (χ1n) is 6.21. The molecule has 7 nitrogen and oxygen atoms in total. The molecule has 2 saturated heterocycles. The van der Waals surface area contributed by atoms with Crippen molar-refractivity contribution in [2.75, 3.05) is 32.9 Å². The minimum absolute atomic E-state index is 0.0642. The lowest BCUT2D eigenvalue weighted by Gasteiger charge is -2.35. The largest absolute Gasteiger partial charge is 0.376 e. The van der Waals surface area contributed by atoms with E-state index in [0.717, 1.165) is 12.8 Å². The summed E-state index contributed by atoms with van der Waals surface area (Å²) in [6.07, 6.45) is 1.19. The van der Waals surface area contributed by atoms with Gasteiger partial charge in [0.25, 0.3) is 5.91 Å². The fourth-order valence-corrected chi connectivity index (χ4v) is 2.33. The molecule has 18 heavy (non-hydrogen) atoms. The number of primary amides is 1. The molecule has 0 saturated carbocycles. The zero-order valence-corrected chi connectivity index (χ0v) is 10.3. The Balaban J connectivity index is 1.87. The highest BCUT2D eigenvalue weighted by Gasteiger charge is 2.31. The minimum Gasteiger partial charge on any atom is -0.376 e. The number of ether oxygens (including phenoxy) is 2. The standard InChI is InChI=1S/C11H19N3O4/c12-11(16)13-8-2-1-3-14(6-8)10(15)9-7-17-4-5-18-9/h8-9H,1-7H2,(H3,12,13,16)/t8-,9-/m1/s1. The number of carbonyl (C=O) groups excluding carboxylic acids is 2. The third-order valence-corrected chi connectivity index (χ3v) is 3.17. The predicted molar refractivity (Wildman–Crippen MR) is 62.9 cm³/mol. The van der Waals surface area contributed by atoms with Gasteiger partial charge in [-0.15, -0.1) is 0 Å². The maximum atomic E-state index is 12.2. The van der Waals surface area contributed by atoms with Crippen LogP contribution in [-0.4, -0.2) is 61.9 Å². The normalized spacial score (nSPS) is 28.8. The maximum absolute atomic E-state index is 12.2. The van der Waals surface area contributed by atoms with Crippen molar-refractivity contribution in [3.05, 3.63) is 0 Å². The fraction of sp³-hybridized carbons (Fsp3) is 0.818. The van der Waals surface area contributed by atoms with Crippen LogP contribution in [0.25, 0.3) is 0 Å². The van der Waals surface area contributed by atoms with Crippen molar-refractivity contribution in [1.29, 1.82) is 0 Å². The number of nitrogens with two attached hydrogens (primary N) is 1. The summed E-state index contributed by atoms with van der Waals surface area (Å²) in [5.41, 5.74) is 5.09. The van der Waals surface area contributed by atoms with E-state index >= 15 is 0 Å². The molecule has 0 bridgehead atoms. The first-order valence-corrected chi connectivity index (χ1v) is 6.21. The molecule has 2 aliphatic rings. The molecule has 2 atom stereocenters. The Kier molecular flexibility index (Phi) is 4.38. The number of piperidine rings is 1. The molecule has 0 aromatic rings. The van der Waals surface area contributed by atoms with Gasteiger partial charge in [-0.3, -0.25) is 4.79 Å². The number of nitrogens with zero attached hydrogens (tertiary/aromatic N) is 1. The van der Waals surface area contributed by atoms with Gasteiger partial charge in [-0.05, 0) is 12.8 Å². The van der Waals surface area contributed by atoms with Gasteiger partial charge in [0.1, 0.15) is 0 Å². The van der Waals surface area contributed by atoms with E-state index in [0.29, 0.717) is 32.9 Å². The van der Waals surface area contributed by atoms with E-state index in [9.17, 15) is 9.59 Å². The van der Waals surface area contributed by atoms with E-state index < -0.39 is 12.1 Å². The number of likely N-dealkylation sites (tertiary alicyclic amines) is 1. The Morgan fingerprint density at radius 3 is 2.83 bits per heavy atom. The molecular formula is C11H19N3O4. The van der Waals surface area contributed by atoms with E-state index in [1.807, 2.05) is 0 Å². The second-order valence-electron chi connectivity index (χ2n) is 4.57. The van der Waals surface area contributed by atoms with Gasteiger partial charge >= 0.3 is 6.03 Å². The number of hydrogen-bond acceptors (Lipinski definition) is 4. The van der Waals surface area contributed by atoms with Gasteiger partial charge in [0, 0.05) is 19.1 Å². The SMILES string of the molecule is NC(=O)N[C@@H]1CCCN(C(=O)[C@H]2COCCO2)C1. The van der Waals surface area contributed by atoms with Gasteiger partial charge in [-0.1, -0.05) is 0 Å². The van der Waals surface area contributed by atoms with Crippen LogP contribution in [-0.2, 0) is 14.3 Å². The lowest BCUT2D eigenvalue weighted by atomic mass is 10.1. The number of hydrogen-bond donors (Lipinski definition) is 2. The zero-order chi connectivity index (χ0) is 13.0. The second kappa shape index (κ2) is 6.01. The van der Waals surface area contributed by atoms with Crippen molar-refractivity contribution < 1.29 is 19.1 Å². The quantitative estimate of drug-likeness (QED) is 0.667. The first-order chi connectivity index (χ1) is 8.66. The summed E-state index contributed by atoms with van der Waals surface area (Å²) >= 11 is 0. The smallest absolute Gasteiger partial charge is 0.312 e. The van der Waals surface area contributed by atoms with Crippen LogP contribution in [0.4, 0.5) is 4.79 Å². The Morgan fingerprint density at radius 2 is 2.17 bits per heavy atom. The van der Waals surface area contributed by atoms with E-state index in [-0.39, 0.29) is 11.9 Å². The summed E-state index contributed by atoms with van der Waals surface area (Å²) < 4.78 is 10.6. The summed E-state index contributed by atoms with van der Waals surface area (Å²) in [6, 6.07) is -0.615. The molecule has 0 unspecified atom stereocenters. The first kappa shape index (κ1) is 13.1. The molecule has 2 rings (SSSR count). The van der Waals surface area contributed by atoms with Gasteiger partial charge in [0.15, 0.2) is 6.10 Å². The topological polar surface area (TPSA) is 93.9 Å².